The Labute approximate surface area is 231 Å². The van der Waals surface area contributed by atoms with Crippen LogP contribution in [0.1, 0.15) is 56.1 Å². The van der Waals surface area contributed by atoms with E-state index in [0.717, 1.165) is 70.7 Å². The third kappa shape index (κ3) is 5.41. The van der Waals surface area contributed by atoms with Gasteiger partial charge in [0.1, 0.15) is 5.82 Å². The average molecular weight is 526 g/mol. The monoisotopic (exact) mass is 525 g/mol. The van der Waals surface area contributed by atoms with Crippen LogP contribution in [0.3, 0.4) is 0 Å². The molecule has 3 heterocycles. The van der Waals surface area contributed by atoms with Gasteiger partial charge >= 0.3 is 0 Å². The SMILES string of the molecule is CC1=CC(C)=C(CNC(=O)c2cc(-c3ccc(N4CCN(C)CC4)nc3)cc3c2c(C)cn3C(C)C)C(=O)C1. The van der Waals surface area contributed by atoms with Gasteiger partial charge in [0.25, 0.3) is 5.91 Å². The molecule has 1 fully saturated rings. The number of hydrogen-bond donors (Lipinski definition) is 1. The van der Waals surface area contributed by atoms with Crippen LogP contribution >= 0.6 is 0 Å². The molecule has 204 valence electrons. The van der Waals surface area contributed by atoms with Gasteiger partial charge in [-0.25, -0.2) is 4.98 Å². The fourth-order valence-electron chi connectivity index (χ4n) is 5.73. The summed E-state index contributed by atoms with van der Waals surface area (Å²) in [6, 6.07) is 8.55. The molecule has 1 aromatic carbocycles. The molecule has 0 atom stereocenters. The second-order valence-electron chi connectivity index (χ2n) is 11.4. The Morgan fingerprint density at radius 2 is 1.79 bits per heavy atom. The van der Waals surface area contributed by atoms with Crippen LogP contribution in [0, 0.1) is 6.92 Å². The lowest BCUT2D eigenvalue weighted by molar-refractivity contribution is -0.115. The Morgan fingerprint density at radius 1 is 1.05 bits per heavy atom. The normalized spacial score (nSPS) is 16.8. The van der Waals surface area contributed by atoms with Gasteiger partial charge < -0.3 is 19.7 Å². The minimum atomic E-state index is -0.173. The van der Waals surface area contributed by atoms with Crippen LogP contribution < -0.4 is 10.2 Å². The molecule has 0 unspecified atom stereocenters. The van der Waals surface area contributed by atoms with Crippen molar-refractivity contribution in [3.8, 4) is 11.1 Å². The van der Waals surface area contributed by atoms with Crippen LogP contribution in [0.25, 0.3) is 22.0 Å². The Bertz CT molecular complexity index is 1480. The van der Waals surface area contributed by atoms with Crippen molar-refractivity contribution in [2.75, 3.05) is 44.7 Å². The first kappa shape index (κ1) is 26.9. The summed E-state index contributed by atoms with van der Waals surface area (Å²) in [4.78, 5) is 35.8. The standard InChI is InChI=1S/C32H39N5O2/c1-20(2)37-19-23(5)31-26(32(39)34-18-27-22(4)13-21(3)14-29(27)38)15-25(16-28(31)37)24-7-8-30(33-17-24)36-11-9-35(6)10-12-36/h7-8,13,15-17,19-20H,9-12,14,18H2,1-6H3,(H,34,39). The number of aryl methyl sites for hydroxylation is 1. The molecule has 1 aliphatic carbocycles. The zero-order valence-electron chi connectivity index (χ0n) is 24.0. The molecular formula is C32H39N5O2. The molecule has 0 radical (unpaired) electrons. The van der Waals surface area contributed by atoms with Crippen molar-refractivity contribution >= 4 is 28.4 Å². The van der Waals surface area contributed by atoms with Gasteiger partial charge in [-0.05, 0) is 82.6 Å². The van der Waals surface area contributed by atoms with Gasteiger partial charge in [0.05, 0.1) is 0 Å². The Balaban J connectivity index is 1.50. The van der Waals surface area contributed by atoms with E-state index in [1.807, 2.05) is 32.2 Å². The summed E-state index contributed by atoms with van der Waals surface area (Å²) in [6.45, 7) is 14.5. The van der Waals surface area contributed by atoms with Crippen LogP contribution in [0.4, 0.5) is 5.82 Å². The summed E-state index contributed by atoms with van der Waals surface area (Å²) in [6.07, 6.45) is 6.48. The minimum absolute atomic E-state index is 0.0837. The number of benzene rings is 1. The zero-order chi connectivity index (χ0) is 27.8. The van der Waals surface area contributed by atoms with E-state index in [9.17, 15) is 9.59 Å². The summed E-state index contributed by atoms with van der Waals surface area (Å²) in [5, 5.41) is 4.00. The molecule has 3 aromatic rings. The van der Waals surface area contributed by atoms with E-state index in [0.29, 0.717) is 17.6 Å². The summed E-state index contributed by atoms with van der Waals surface area (Å²) in [7, 11) is 2.15. The molecule has 1 N–H and O–H groups in total. The second-order valence-corrected chi connectivity index (χ2v) is 11.4. The lowest BCUT2D eigenvalue weighted by Crippen LogP contribution is -2.44. The number of fused-ring (bicyclic) bond motifs is 1. The molecule has 1 saturated heterocycles. The van der Waals surface area contributed by atoms with Crippen LogP contribution in [0.15, 0.2) is 59.5 Å². The summed E-state index contributed by atoms with van der Waals surface area (Å²) < 4.78 is 2.22. The lowest BCUT2D eigenvalue weighted by Gasteiger charge is -2.33. The third-order valence-electron chi connectivity index (χ3n) is 7.97. The first-order valence-corrected chi connectivity index (χ1v) is 13.9. The van der Waals surface area contributed by atoms with Crippen molar-refractivity contribution in [2.24, 2.45) is 0 Å². The van der Waals surface area contributed by atoms with Gasteiger partial charge in [-0.3, -0.25) is 9.59 Å². The first-order chi connectivity index (χ1) is 18.6. The number of rotatable bonds is 6. The Kier molecular flexibility index (Phi) is 7.45. The minimum Gasteiger partial charge on any atom is -0.354 e. The molecule has 0 spiro atoms. The number of aromatic nitrogens is 2. The number of anilines is 1. The predicted molar refractivity (Wildman–Crippen MR) is 158 cm³/mol. The molecule has 7 heteroatoms. The molecular weight excluding hydrogens is 486 g/mol. The number of amides is 1. The number of carbonyl (C=O) groups excluding carboxylic acids is 2. The molecule has 2 aliphatic rings. The zero-order valence-corrected chi connectivity index (χ0v) is 24.0. The fraction of sp³-hybridized carbons (Fsp3) is 0.406. The number of allylic oxidation sites excluding steroid dienone is 3. The van der Waals surface area contributed by atoms with E-state index < -0.39 is 0 Å². The molecule has 1 amide bonds. The van der Waals surface area contributed by atoms with Crippen LogP contribution in [0.5, 0.6) is 0 Å². The number of Topliss-reactive ketones (excluding diaryl/α,β-unsaturated/α-hetero) is 1. The quantitative estimate of drug-likeness (QED) is 0.472. The van der Waals surface area contributed by atoms with Gasteiger partial charge in [-0.2, -0.15) is 0 Å². The molecule has 7 nitrogen and oxygen atoms in total. The number of pyridine rings is 1. The van der Waals surface area contributed by atoms with Gasteiger partial charge in [0.15, 0.2) is 5.78 Å². The van der Waals surface area contributed by atoms with Crippen molar-refractivity contribution in [2.45, 2.75) is 47.1 Å². The molecule has 0 saturated carbocycles. The maximum Gasteiger partial charge on any atom is 0.252 e. The Hall–Kier alpha value is -3.71. The van der Waals surface area contributed by atoms with E-state index >= 15 is 0 Å². The summed E-state index contributed by atoms with van der Waals surface area (Å²) in [5.41, 5.74) is 7.29. The van der Waals surface area contributed by atoms with E-state index in [2.05, 4.69) is 71.9 Å². The molecule has 39 heavy (non-hydrogen) atoms. The maximum absolute atomic E-state index is 13.7. The van der Waals surface area contributed by atoms with Crippen LogP contribution in [0.2, 0.25) is 0 Å². The van der Waals surface area contributed by atoms with Gasteiger partial charge in [-0.1, -0.05) is 11.6 Å². The summed E-state index contributed by atoms with van der Waals surface area (Å²) in [5.74, 6) is 0.894. The number of likely N-dealkylation sites (N-methyl/N-ethyl adjacent to an activating group) is 1. The maximum atomic E-state index is 13.7. The van der Waals surface area contributed by atoms with Gasteiger partial charge in [0.2, 0.25) is 0 Å². The highest BCUT2D eigenvalue weighted by molar-refractivity contribution is 6.10. The number of carbonyl (C=O) groups is 2. The van der Waals surface area contributed by atoms with E-state index in [1.165, 1.54) is 0 Å². The van der Waals surface area contributed by atoms with Crippen molar-refractivity contribution in [1.82, 2.24) is 19.8 Å². The van der Waals surface area contributed by atoms with Crippen LogP contribution in [-0.2, 0) is 4.79 Å². The topological polar surface area (TPSA) is 70.5 Å². The van der Waals surface area contributed by atoms with Crippen LogP contribution in [-0.4, -0.2) is 65.9 Å². The predicted octanol–water partition coefficient (Wildman–Crippen LogP) is 5.31. The average Bonchev–Trinajstić information content (AvgIpc) is 3.24. The highest BCUT2D eigenvalue weighted by Crippen LogP contribution is 2.33. The molecule has 1 aliphatic heterocycles. The number of nitrogens with zero attached hydrogens (tertiary/aromatic N) is 4. The van der Waals surface area contributed by atoms with Crippen molar-refractivity contribution in [1.29, 1.82) is 0 Å². The van der Waals surface area contributed by atoms with E-state index in [1.54, 1.807) is 0 Å². The van der Waals surface area contributed by atoms with E-state index in [4.69, 9.17) is 4.98 Å². The molecule has 0 bridgehead atoms. The lowest BCUT2D eigenvalue weighted by atomic mass is 9.92. The molecule has 2 aromatic heterocycles. The van der Waals surface area contributed by atoms with Crippen molar-refractivity contribution < 1.29 is 9.59 Å². The van der Waals surface area contributed by atoms with Gasteiger partial charge in [0, 0.05) is 85.2 Å². The number of ketones is 1. The largest absolute Gasteiger partial charge is 0.354 e. The third-order valence-corrected chi connectivity index (χ3v) is 7.97. The second kappa shape index (κ2) is 10.8. The van der Waals surface area contributed by atoms with Crippen molar-refractivity contribution in [3.05, 3.63) is 70.6 Å². The molecule has 5 rings (SSSR count). The smallest absolute Gasteiger partial charge is 0.252 e. The highest BCUT2D eigenvalue weighted by atomic mass is 16.2. The number of hydrogen-bond acceptors (Lipinski definition) is 5. The highest BCUT2D eigenvalue weighted by Gasteiger charge is 2.22. The fourth-order valence-corrected chi connectivity index (χ4v) is 5.73. The summed E-state index contributed by atoms with van der Waals surface area (Å²) >= 11 is 0. The number of piperazine rings is 1. The number of nitrogens with one attached hydrogen (secondary N) is 1. The van der Waals surface area contributed by atoms with Crippen molar-refractivity contribution in [3.63, 3.8) is 0 Å². The Morgan fingerprint density at radius 3 is 2.44 bits per heavy atom. The van der Waals surface area contributed by atoms with E-state index in [-0.39, 0.29) is 24.3 Å². The van der Waals surface area contributed by atoms with Gasteiger partial charge in [-0.15, -0.1) is 0 Å². The first-order valence-electron chi connectivity index (χ1n) is 13.9.